The number of nitrogens with zero attached hydrogens (tertiary/aromatic N) is 2. The molecule has 0 aliphatic heterocycles. The molecule has 2 aromatic carbocycles. The summed E-state index contributed by atoms with van der Waals surface area (Å²) in [5, 5.41) is 9.87. The van der Waals surface area contributed by atoms with Crippen LogP contribution in [0.5, 0.6) is 5.75 Å². The van der Waals surface area contributed by atoms with Crippen molar-refractivity contribution < 1.29 is 9.90 Å². The fourth-order valence-corrected chi connectivity index (χ4v) is 2.78. The highest BCUT2D eigenvalue weighted by Crippen LogP contribution is 2.17. The SMILES string of the molecule is CN(Cc1ccccc1O)C(=O)c1cccn(Cc2ccccc2)c1=O. The summed E-state index contributed by atoms with van der Waals surface area (Å²) in [7, 11) is 1.61. The number of pyridine rings is 1. The Hall–Kier alpha value is -3.34. The maximum absolute atomic E-state index is 12.7. The maximum atomic E-state index is 12.7. The lowest BCUT2D eigenvalue weighted by Gasteiger charge is -2.18. The number of benzene rings is 2. The van der Waals surface area contributed by atoms with Crippen LogP contribution in [0, 0.1) is 0 Å². The number of para-hydroxylation sites is 1. The minimum absolute atomic E-state index is 0.112. The van der Waals surface area contributed by atoms with E-state index >= 15 is 0 Å². The van der Waals surface area contributed by atoms with Crippen molar-refractivity contribution in [2.45, 2.75) is 13.1 Å². The monoisotopic (exact) mass is 348 g/mol. The number of hydrogen-bond acceptors (Lipinski definition) is 3. The Balaban J connectivity index is 1.82. The molecule has 3 rings (SSSR count). The molecule has 0 radical (unpaired) electrons. The van der Waals surface area contributed by atoms with Gasteiger partial charge in [-0.1, -0.05) is 48.5 Å². The Labute approximate surface area is 151 Å². The van der Waals surface area contributed by atoms with Gasteiger partial charge in [-0.25, -0.2) is 0 Å². The van der Waals surface area contributed by atoms with Gasteiger partial charge in [-0.3, -0.25) is 9.59 Å². The molecule has 0 fully saturated rings. The molecule has 0 saturated carbocycles. The third-order valence-corrected chi connectivity index (χ3v) is 4.19. The predicted molar refractivity (Wildman–Crippen MR) is 100 cm³/mol. The normalized spacial score (nSPS) is 10.5. The number of carbonyl (C=O) groups is 1. The van der Waals surface area contributed by atoms with E-state index in [2.05, 4.69) is 0 Å². The molecule has 1 heterocycles. The molecule has 0 aliphatic rings. The van der Waals surface area contributed by atoms with Crippen molar-refractivity contribution in [2.75, 3.05) is 7.05 Å². The second kappa shape index (κ2) is 7.70. The number of carbonyl (C=O) groups excluding carboxylic acids is 1. The van der Waals surface area contributed by atoms with Gasteiger partial charge in [-0.15, -0.1) is 0 Å². The number of aromatic hydroxyl groups is 1. The molecule has 26 heavy (non-hydrogen) atoms. The van der Waals surface area contributed by atoms with Gasteiger partial charge in [0.15, 0.2) is 0 Å². The number of phenols is 1. The van der Waals surface area contributed by atoms with Crippen LogP contribution in [0.1, 0.15) is 21.5 Å². The summed E-state index contributed by atoms with van der Waals surface area (Å²) in [5.41, 5.74) is 1.40. The van der Waals surface area contributed by atoms with Gasteiger partial charge >= 0.3 is 0 Å². The number of aromatic nitrogens is 1. The van der Waals surface area contributed by atoms with Gasteiger partial charge in [-0.05, 0) is 23.8 Å². The summed E-state index contributed by atoms with van der Waals surface area (Å²) < 4.78 is 1.52. The molecule has 0 unspecified atom stereocenters. The molecule has 132 valence electrons. The Morgan fingerprint density at radius 2 is 1.69 bits per heavy atom. The third kappa shape index (κ3) is 3.83. The van der Waals surface area contributed by atoms with Gasteiger partial charge in [0.2, 0.25) is 0 Å². The molecular formula is C21H20N2O3. The van der Waals surface area contributed by atoms with Crippen LogP contribution in [0.2, 0.25) is 0 Å². The van der Waals surface area contributed by atoms with Crippen molar-refractivity contribution in [3.05, 3.63) is 100.0 Å². The Morgan fingerprint density at radius 3 is 2.42 bits per heavy atom. The molecule has 1 N–H and O–H groups in total. The highest BCUT2D eigenvalue weighted by Gasteiger charge is 2.17. The van der Waals surface area contributed by atoms with E-state index in [1.165, 1.54) is 15.5 Å². The van der Waals surface area contributed by atoms with E-state index in [-0.39, 0.29) is 29.3 Å². The minimum atomic E-state index is -0.374. The lowest BCUT2D eigenvalue weighted by Crippen LogP contribution is -2.34. The highest BCUT2D eigenvalue weighted by atomic mass is 16.3. The van der Waals surface area contributed by atoms with E-state index in [9.17, 15) is 14.7 Å². The first-order valence-corrected chi connectivity index (χ1v) is 8.32. The number of phenolic OH excluding ortho intramolecular Hbond substituents is 1. The molecule has 5 heteroatoms. The molecule has 3 aromatic rings. The smallest absolute Gasteiger partial charge is 0.263 e. The van der Waals surface area contributed by atoms with Crippen LogP contribution in [0.15, 0.2) is 77.7 Å². The van der Waals surface area contributed by atoms with Crippen molar-refractivity contribution in [1.29, 1.82) is 0 Å². The van der Waals surface area contributed by atoms with Gasteiger partial charge in [-0.2, -0.15) is 0 Å². The zero-order valence-corrected chi connectivity index (χ0v) is 14.5. The van der Waals surface area contributed by atoms with E-state index in [4.69, 9.17) is 0 Å². The molecular weight excluding hydrogens is 328 g/mol. The van der Waals surface area contributed by atoms with E-state index in [0.29, 0.717) is 12.1 Å². The first-order valence-electron chi connectivity index (χ1n) is 8.32. The maximum Gasteiger partial charge on any atom is 0.263 e. The fourth-order valence-electron chi connectivity index (χ4n) is 2.78. The quantitative estimate of drug-likeness (QED) is 0.771. The van der Waals surface area contributed by atoms with Gasteiger partial charge in [0.05, 0.1) is 6.54 Å². The lowest BCUT2D eigenvalue weighted by atomic mass is 10.1. The zero-order chi connectivity index (χ0) is 18.5. The van der Waals surface area contributed by atoms with Crippen molar-refractivity contribution in [3.63, 3.8) is 0 Å². The summed E-state index contributed by atoms with van der Waals surface area (Å²) >= 11 is 0. The molecule has 0 aliphatic carbocycles. The van der Waals surface area contributed by atoms with Crippen LogP contribution in [0.25, 0.3) is 0 Å². The average Bonchev–Trinajstić information content (AvgIpc) is 2.65. The number of hydrogen-bond donors (Lipinski definition) is 1. The molecule has 0 spiro atoms. The number of amides is 1. The van der Waals surface area contributed by atoms with Crippen LogP contribution < -0.4 is 5.56 Å². The largest absolute Gasteiger partial charge is 0.508 e. The minimum Gasteiger partial charge on any atom is -0.508 e. The second-order valence-corrected chi connectivity index (χ2v) is 6.13. The molecule has 5 nitrogen and oxygen atoms in total. The lowest BCUT2D eigenvalue weighted by molar-refractivity contribution is 0.0782. The second-order valence-electron chi connectivity index (χ2n) is 6.13. The van der Waals surface area contributed by atoms with Gasteiger partial charge in [0, 0.05) is 25.4 Å². The summed E-state index contributed by atoms with van der Waals surface area (Å²) in [5.74, 6) is -0.248. The zero-order valence-electron chi connectivity index (χ0n) is 14.5. The first kappa shape index (κ1) is 17.5. The Kier molecular flexibility index (Phi) is 5.17. The van der Waals surface area contributed by atoms with Gasteiger partial charge in [0.25, 0.3) is 11.5 Å². The van der Waals surface area contributed by atoms with E-state index in [1.807, 2.05) is 30.3 Å². The number of rotatable bonds is 5. The van der Waals surface area contributed by atoms with Crippen molar-refractivity contribution in [3.8, 4) is 5.75 Å². The summed E-state index contributed by atoms with van der Waals surface area (Å²) in [6.07, 6.45) is 1.68. The van der Waals surface area contributed by atoms with Crippen LogP contribution in [0.4, 0.5) is 0 Å². The van der Waals surface area contributed by atoms with Crippen molar-refractivity contribution >= 4 is 5.91 Å². The highest BCUT2D eigenvalue weighted by molar-refractivity contribution is 5.93. The third-order valence-electron chi connectivity index (χ3n) is 4.19. The van der Waals surface area contributed by atoms with E-state index < -0.39 is 0 Å². The summed E-state index contributed by atoms with van der Waals surface area (Å²) in [6.45, 7) is 0.627. The standard InChI is InChI=1S/C21H20N2O3/c1-22(15-17-10-5-6-12-19(17)24)20(25)18-11-7-13-23(21(18)26)14-16-8-3-2-4-9-16/h2-13,24H,14-15H2,1H3. The van der Waals surface area contributed by atoms with Gasteiger partial charge in [0.1, 0.15) is 11.3 Å². The first-order chi connectivity index (χ1) is 12.6. The van der Waals surface area contributed by atoms with Crippen LogP contribution >= 0.6 is 0 Å². The molecule has 1 aromatic heterocycles. The van der Waals surface area contributed by atoms with Crippen molar-refractivity contribution in [2.24, 2.45) is 0 Å². The van der Waals surface area contributed by atoms with Gasteiger partial charge < -0.3 is 14.6 Å². The molecule has 0 saturated heterocycles. The van der Waals surface area contributed by atoms with Crippen LogP contribution in [0.3, 0.4) is 0 Å². The topological polar surface area (TPSA) is 62.5 Å². The molecule has 0 bridgehead atoms. The Bertz CT molecular complexity index is 964. The van der Waals surface area contributed by atoms with Crippen LogP contribution in [-0.2, 0) is 13.1 Å². The van der Waals surface area contributed by atoms with Crippen molar-refractivity contribution in [1.82, 2.24) is 9.47 Å². The summed E-state index contributed by atoms with van der Waals surface area (Å²) in [4.78, 5) is 26.9. The van der Waals surface area contributed by atoms with E-state index in [1.54, 1.807) is 43.6 Å². The van der Waals surface area contributed by atoms with E-state index in [0.717, 1.165) is 5.56 Å². The Morgan fingerprint density at radius 1 is 1.00 bits per heavy atom. The predicted octanol–water partition coefficient (Wildman–Crippen LogP) is 2.87. The average molecular weight is 348 g/mol. The summed E-state index contributed by atoms with van der Waals surface area (Å²) in [6, 6.07) is 19.7. The fraction of sp³-hybridized carbons (Fsp3) is 0.143. The molecule has 0 atom stereocenters. The van der Waals surface area contributed by atoms with Crippen LogP contribution in [-0.4, -0.2) is 27.5 Å². The molecule has 1 amide bonds.